The molecule has 2 nitrogen and oxygen atoms in total. The molecule has 0 heterocycles. The van der Waals surface area contributed by atoms with Gasteiger partial charge in [0.15, 0.2) is 0 Å². The van der Waals surface area contributed by atoms with E-state index in [2.05, 4.69) is 0 Å². The Morgan fingerprint density at radius 3 is 2.06 bits per heavy atom. The minimum atomic E-state index is -0.784. The lowest BCUT2D eigenvalue weighted by Gasteiger charge is -2.28. The maximum Gasteiger partial charge on any atom is 0.122 e. The number of halogens is 1. The molecule has 0 saturated carbocycles. The number of ether oxygens (including phenoxy) is 2. The van der Waals surface area contributed by atoms with Crippen molar-refractivity contribution in [2.75, 3.05) is 14.2 Å². The van der Waals surface area contributed by atoms with Crippen molar-refractivity contribution in [1.29, 1.82) is 0 Å². The number of alkyl halides is 1. The van der Waals surface area contributed by atoms with Gasteiger partial charge in [-0.3, -0.25) is 0 Å². The molecule has 0 bridgehead atoms. The lowest BCUT2D eigenvalue weighted by molar-refractivity contribution is 0.221. The summed E-state index contributed by atoms with van der Waals surface area (Å²) in [7, 11) is 3.27. The van der Waals surface area contributed by atoms with E-state index >= 15 is 0 Å². The van der Waals surface area contributed by atoms with E-state index in [1.165, 1.54) is 0 Å². The number of hydrogen-bond acceptors (Lipinski definition) is 2. The first kappa shape index (κ1) is 11.2. The fourth-order valence-electron chi connectivity index (χ4n) is 2.33. The van der Waals surface area contributed by atoms with Gasteiger partial charge in [0.2, 0.25) is 0 Å². The number of hydrogen-bond donors (Lipinski definition) is 0. The Morgan fingerprint density at radius 1 is 1.06 bits per heavy atom. The summed E-state index contributed by atoms with van der Waals surface area (Å²) < 4.78 is 24.3. The SMILES string of the molecule is COc1ccc(OC)c2c1CC(C)C(F)C2. The van der Waals surface area contributed by atoms with E-state index < -0.39 is 6.17 Å². The van der Waals surface area contributed by atoms with Crippen LogP contribution in [0.5, 0.6) is 11.5 Å². The second-order valence-electron chi connectivity index (χ2n) is 4.33. The van der Waals surface area contributed by atoms with E-state index in [1.54, 1.807) is 14.2 Å². The highest BCUT2D eigenvalue weighted by Crippen LogP contribution is 2.38. The Kier molecular flexibility index (Phi) is 3.03. The first-order valence-corrected chi connectivity index (χ1v) is 5.54. The maximum absolute atomic E-state index is 13.7. The Morgan fingerprint density at radius 2 is 1.56 bits per heavy atom. The highest BCUT2D eigenvalue weighted by Gasteiger charge is 2.29. The van der Waals surface area contributed by atoms with Crippen LogP contribution in [0.15, 0.2) is 12.1 Å². The zero-order valence-corrected chi connectivity index (χ0v) is 9.92. The molecule has 16 heavy (non-hydrogen) atoms. The Hall–Kier alpha value is -1.25. The van der Waals surface area contributed by atoms with Crippen molar-refractivity contribution >= 4 is 0 Å². The Bertz CT molecular complexity index is 353. The highest BCUT2D eigenvalue weighted by atomic mass is 19.1. The fraction of sp³-hybridized carbons (Fsp3) is 0.538. The van der Waals surface area contributed by atoms with Gasteiger partial charge in [0.05, 0.1) is 14.2 Å². The first-order chi connectivity index (χ1) is 7.67. The van der Waals surface area contributed by atoms with Crippen LogP contribution in [0.4, 0.5) is 4.39 Å². The molecule has 0 aromatic heterocycles. The van der Waals surface area contributed by atoms with E-state index in [0.29, 0.717) is 6.42 Å². The Labute approximate surface area is 95.4 Å². The van der Waals surface area contributed by atoms with Gasteiger partial charge in [0.1, 0.15) is 17.7 Å². The molecule has 3 heteroatoms. The van der Waals surface area contributed by atoms with Gasteiger partial charge >= 0.3 is 0 Å². The van der Waals surface area contributed by atoms with Crippen LogP contribution in [-0.4, -0.2) is 20.4 Å². The molecular weight excluding hydrogens is 207 g/mol. The molecule has 1 aromatic carbocycles. The third-order valence-electron chi connectivity index (χ3n) is 3.33. The minimum absolute atomic E-state index is 0.0495. The van der Waals surface area contributed by atoms with Gasteiger partial charge in [-0.2, -0.15) is 0 Å². The molecule has 1 aromatic rings. The van der Waals surface area contributed by atoms with Crippen LogP contribution >= 0.6 is 0 Å². The van der Waals surface area contributed by atoms with Gasteiger partial charge in [0.25, 0.3) is 0 Å². The third-order valence-corrected chi connectivity index (χ3v) is 3.33. The monoisotopic (exact) mass is 224 g/mol. The normalized spacial score (nSPS) is 23.8. The second-order valence-corrected chi connectivity index (χ2v) is 4.33. The number of methoxy groups -OCH3 is 2. The van der Waals surface area contributed by atoms with Crippen LogP contribution in [0.2, 0.25) is 0 Å². The summed E-state index contributed by atoms with van der Waals surface area (Å²) in [6.45, 7) is 1.94. The van der Waals surface area contributed by atoms with Gasteiger partial charge in [-0.1, -0.05) is 6.92 Å². The van der Waals surface area contributed by atoms with Crippen molar-refractivity contribution in [1.82, 2.24) is 0 Å². The molecular formula is C13H17FO2. The summed E-state index contributed by atoms with van der Waals surface area (Å²) in [5.41, 5.74) is 2.07. The summed E-state index contributed by atoms with van der Waals surface area (Å²) >= 11 is 0. The average Bonchev–Trinajstić information content (AvgIpc) is 2.29. The summed E-state index contributed by atoms with van der Waals surface area (Å²) in [6.07, 6.45) is 0.363. The van der Waals surface area contributed by atoms with E-state index in [4.69, 9.17) is 9.47 Å². The van der Waals surface area contributed by atoms with Gasteiger partial charge in [-0.25, -0.2) is 4.39 Å². The standard InChI is InChI=1S/C13H17FO2/c1-8-6-9-10(7-11(8)14)13(16-3)5-4-12(9)15-2/h4-5,8,11H,6-7H2,1-3H3. The van der Waals surface area contributed by atoms with Crippen LogP contribution in [-0.2, 0) is 12.8 Å². The molecule has 0 radical (unpaired) electrons. The molecule has 2 rings (SSSR count). The predicted molar refractivity (Wildman–Crippen MR) is 61.0 cm³/mol. The largest absolute Gasteiger partial charge is 0.496 e. The zero-order valence-electron chi connectivity index (χ0n) is 9.92. The molecule has 0 fully saturated rings. The van der Waals surface area contributed by atoms with Crippen molar-refractivity contribution in [3.8, 4) is 11.5 Å². The zero-order chi connectivity index (χ0) is 11.7. The molecule has 1 aliphatic carbocycles. The molecule has 0 saturated heterocycles. The van der Waals surface area contributed by atoms with Crippen molar-refractivity contribution in [3.63, 3.8) is 0 Å². The van der Waals surface area contributed by atoms with E-state index in [9.17, 15) is 4.39 Å². The first-order valence-electron chi connectivity index (χ1n) is 5.54. The molecule has 0 spiro atoms. The van der Waals surface area contributed by atoms with Crippen molar-refractivity contribution in [2.24, 2.45) is 5.92 Å². The summed E-state index contributed by atoms with van der Waals surface area (Å²) in [4.78, 5) is 0. The van der Waals surface area contributed by atoms with Crippen molar-refractivity contribution in [2.45, 2.75) is 25.9 Å². The molecule has 2 unspecified atom stereocenters. The molecule has 88 valence electrons. The number of fused-ring (bicyclic) bond motifs is 1. The lowest BCUT2D eigenvalue weighted by Crippen LogP contribution is -2.25. The smallest absolute Gasteiger partial charge is 0.122 e. The molecule has 0 amide bonds. The Balaban J connectivity index is 2.50. The summed E-state index contributed by atoms with van der Waals surface area (Å²) in [6, 6.07) is 3.74. The molecule has 1 aliphatic rings. The van der Waals surface area contributed by atoms with E-state index in [1.807, 2.05) is 19.1 Å². The fourth-order valence-corrected chi connectivity index (χ4v) is 2.33. The second kappa shape index (κ2) is 4.32. The van der Waals surface area contributed by atoms with E-state index in [-0.39, 0.29) is 5.92 Å². The summed E-state index contributed by atoms with van der Waals surface area (Å²) in [5, 5.41) is 0. The van der Waals surface area contributed by atoms with Crippen LogP contribution in [0.25, 0.3) is 0 Å². The van der Waals surface area contributed by atoms with Crippen LogP contribution in [0, 0.1) is 5.92 Å². The third kappa shape index (κ3) is 1.75. The maximum atomic E-state index is 13.7. The average molecular weight is 224 g/mol. The van der Waals surface area contributed by atoms with Crippen molar-refractivity contribution < 1.29 is 13.9 Å². The van der Waals surface area contributed by atoms with Crippen LogP contribution in [0.1, 0.15) is 18.1 Å². The highest BCUT2D eigenvalue weighted by molar-refractivity contribution is 5.50. The van der Waals surface area contributed by atoms with Gasteiger partial charge in [-0.15, -0.1) is 0 Å². The lowest BCUT2D eigenvalue weighted by atomic mass is 9.82. The predicted octanol–water partition coefficient (Wildman–Crippen LogP) is 2.78. The van der Waals surface area contributed by atoms with Gasteiger partial charge in [-0.05, 0) is 24.5 Å². The number of rotatable bonds is 2. The van der Waals surface area contributed by atoms with Crippen molar-refractivity contribution in [3.05, 3.63) is 23.3 Å². The summed E-state index contributed by atoms with van der Waals surface area (Å²) in [5.74, 6) is 1.66. The molecule has 2 atom stereocenters. The molecule has 0 N–H and O–H groups in total. The topological polar surface area (TPSA) is 18.5 Å². The van der Waals surface area contributed by atoms with Gasteiger partial charge < -0.3 is 9.47 Å². The van der Waals surface area contributed by atoms with Gasteiger partial charge in [0, 0.05) is 17.5 Å². The van der Waals surface area contributed by atoms with E-state index in [0.717, 1.165) is 29.0 Å². The molecule has 0 aliphatic heterocycles. The quantitative estimate of drug-likeness (QED) is 0.769. The van der Waals surface area contributed by atoms with Crippen LogP contribution < -0.4 is 9.47 Å². The number of benzene rings is 1. The van der Waals surface area contributed by atoms with Crippen LogP contribution in [0.3, 0.4) is 0 Å². The minimum Gasteiger partial charge on any atom is -0.496 e.